The predicted molar refractivity (Wildman–Crippen MR) is 115 cm³/mol. The zero-order valence-electron chi connectivity index (χ0n) is 16.9. The minimum Gasteiger partial charge on any atom is -0.348 e. The number of nitrogens with one attached hydrogen (secondary N) is 1. The van der Waals surface area contributed by atoms with Gasteiger partial charge in [-0.25, -0.2) is 13.8 Å². The van der Waals surface area contributed by atoms with Gasteiger partial charge >= 0.3 is 0 Å². The van der Waals surface area contributed by atoms with Crippen LogP contribution in [0.2, 0.25) is 0 Å². The molecule has 1 N–H and O–H groups in total. The van der Waals surface area contributed by atoms with Gasteiger partial charge in [0.25, 0.3) is 11.8 Å². The van der Waals surface area contributed by atoms with Gasteiger partial charge in [-0.05, 0) is 36.4 Å². The largest absolute Gasteiger partial charge is 0.348 e. The van der Waals surface area contributed by atoms with Gasteiger partial charge in [0.2, 0.25) is 5.82 Å². The summed E-state index contributed by atoms with van der Waals surface area (Å²) in [6.45, 7) is 1.03. The fourth-order valence-electron chi connectivity index (χ4n) is 3.88. The summed E-state index contributed by atoms with van der Waals surface area (Å²) in [6, 6.07) is 17.6. The van der Waals surface area contributed by atoms with Crippen molar-refractivity contribution >= 4 is 28.5 Å². The van der Waals surface area contributed by atoms with Crippen molar-refractivity contribution in [1.29, 1.82) is 0 Å². The molecule has 4 aromatic rings. The van der Waals surface area contributed by atoms with Crippen LogP contribution in [-0.4, -0.2) is 27.9 Å². The van der Waals surface area contributed by atoms with E-state index in [1.807, 2.05) is 34.9 Å². The number of rotatable bonds is 4. The third kappa shape index (κ3) is 3.49. The van der Waals surface area contributed by atoms with Crippen molar-refractivity contribution in [2.45, 2.75) is 13.1 Å². The van der Waals surface area contributed by atoms with Crippen LogP contribution >= 0.6 is 0 Å². The summed E-state index contributed by atoms with van der Waals surface area (Å²) < 4.78 is 28.7. The van der Waals surface area contributed by atoms with E-state index < -0.39 is 17.5 Å². The molecule has 0 fully saturated rings. The molecule has 160 valence electrons. The zero-order chi connectivity index (χ0) is 22.2. The SMILES string of the molecule is O=C(NCc1ccc(F)cc1F)c1ccc2c(c1)nc1n2CCN(c2ccccc2)C1=O. The number of aromatic nitrogens is 2. The van der Waals surface area contributed by atoms with Gasteiger partial charge in [0.05, 0.1) is 11.0 Å². The van der Waals surface area contributed by atoms with Crippen LogP contribution in [0.4, 0.5) is 14.5 Å². The Labute approximate surface area is 182 Å². The summed E-state index contributed by atoms with van der Waals surface area (Å²) in [6.07, 6.45) is 0. The fourth-order valence-corrected chi connectivity index (χ4v) is 3.88. The predicted octanol–water partition coefficient (Wildman–Crippen LogP) is 3.90. The smallest absolute Gasteiger partial charge is 0.294 e. The molecule has 6 nitrogen and oxygen atoms in total. The fraction of sp³-hybridized carbons (Fsp3) is 0.125. The van der Waals surface area contributed by atoms with Gasteiger partial charge in [0.1, 0.15) is 11.6 Å². The van der Waals surface area contributed by atoms with Crippen LogP contribution in [0.1, 0.15) is 26.5 Å². The summed E-state index contributed by atoms with van der Waals surface area (Å²) in [7, 11) is 0. The molecule has 5 rings (SSSR count). The minimum absolute atomic E-state index is 0.0762. The van der Waals surface area contributed by atoms with Crippen molar-refractivity contribution in [3.63, 3.8) is 0 Å². The van der Waals surface area contributed by atoms with Crippen LogP contribution < -0.4 is 10.2 Å². The summed E-state index contributed by atoms with van der Waals surface area (Å²) in [4.78, 5) is 31.8. The van der Waals surface area contributed by atoms with Gasteiger partial charge in [0.15, 0.2) is 0 Å². The van der Waals surface area contributed by atoms with E-state index in [9.17, 15) is 18.4 Å². The topological polar surface area (TPSA) is 67.2 Å². The molecule has 0 radical (unpaired) electrons. The lowest BCUT2D eigenvalue weighted by molar-refractivity contribution is 0.0946. The Bertz CT molecular complexity index is 1350. The molecule has 0 bridgehead atoms. The first-order valence-corrected chi connectivity index (χ1v) is 10.1. The van der Waals surface area contributed by atoms with E-state index in [1.54, 1.807) is 23.1 Å². The average Bonchev–Trinajstić information content (AvgIpc) is 3.18. The highest BCUT2D eigenvalue weighted by Gasteiger charge is 2.29. The summed E-state index contributed by atoms with van der Waals surface area (Å²) in [5.41, 5.74) is 2.63. The molecule has 0 saturated heterocycles. The second-order valence-electron chi connectivity index (χ2n) is 7.50. The van der Waals surface area contributed by atoms with Crippen molar-refractivity contribution in [3.05, 3.63) is 95.3 Å². The summed E-state index contributed by atoms with van der Waals surface area (Å²) >= 11 is 0. The number of hydrogen-bond acceptors (Lipinski definition) is 3. The highest BCUT2D eigenvalue weighted by Crippen LogP contribution is 2.25. The van der Waals surface area contributed by atoms with Gasteiger partial charge < -0.3 is 14.8 Å². The van der Waals surface area contributed by atoms with Crippen molar-refractivity contribution in [1.82, 2.24) is 14.9 Å². The van der Waals surface area contributed by atoms with Crippen molar-refractivity contribution < 1.29 is 18.4 Å². The van der Waals surface area contributed by atoms with Gasteiger partial charge in [-0.1, -0.05) is 24.3 Å². The van der Waals surface area contributed by atoms with Gasteiger partial charge in [0, 0.05) is 42.5 Å². The van der Waals surface area contributed by atoms with Crippen LogP contribution in [0.5, 0.6) is 0 Å². The number of hydrogen-bond donors (Lipinski definition) is 1. The third-order valence-electron chi connectivity index (χ3n) is 5.52. The first kappa shape index (κ1) is 19.9. The van der Waals surface area contributed by atoms with E-state index in [0.717, 1.165) is 23.3 Å². The molecule has 1 aliphatic heterocycles. The van der Waals surface area contributed by atoms with Crippen molar-refractivity contribution in [3.8, 4) is 0 Å². The Hall–Kier alpha value is -4.07. The molecule has 0 aliphatic carbocycles. The Morgan fingerprint density at radius 3 is 2.59 bits per heavy atom. The second-order valence-corrected chi connectivity index (χ2v) is 7.50. The molecule has 2 amide bonds. The number of halogens is 2. The number of benzene rings is 3. The molecule has 0 spiro atoms. The molecule has 0 atom stereocenters. The lowest BCUT2D eigenvalue weighted by Gasteiger charge is -2.27. The molecule has 3 aromatic carbocycles. The quantitative estimate of drug-likeness (QED) is 0.532. The number of imidazole rings is 1. The van der Waals surface area contributed by atoms with Crippen LogP contribution in [-0.2, 0) is 13.1 Å². The molecule has 2 heterocycles. The summed E-state index contributed by atoms with van der Waals surface area (Å²) in [5, 5.41) is 2.63. The van der Waals surface area contributed by atoms with E-state index in [2.05, 4.69) is 10.3 Å². The Morgan fingerprint density at radius 2 is 1.81 bits per heavy atom. The van der Waals surface area contributed by atoms with Crippen LogP contribution in [0.25, 0.3) is 11.0 Å². The Balaban J connectivity index is 1.38. The molecule has 32 heavy (non-hydrogen) atoms. The molecule has 8 heteroatoms. The van der Waals surface area contributed by atoms with Crippen LogP contribution in [0.3, 0.4) is 0 Å². The zero-order valence-corrected chi connectivity index (χ0v) is 16.9. The molecule has 0 saturated carbocycles. The van der Waals surface area contributed by atoms with Gasteiger partial charge in [-0.15, -0.1) is 0 Å². The maximum Gasteiger partial charge on any atom is 0.294 e. The molecular weight excluding hydrogens is 414 g/mol. The van der Waals surface area contributed by atoms with E-state index in [0.29, 0.717) is 30.0 Å². The summed E-state index contributed by atoms with van der Waals surface area (Å²) in [5.74, 6) is -1.69. The molecular formula is C24H18F2N4O2. The first-order chi connectivity index (χ1) is 15.5. The normalized spacial score (nSPS) is 13.3. The molecule has 0 unspecified atom stereocenters. The Kier molecular flexibility index (Phi) is 4.89. The number of amides is 2. The molecule has 1 aromatic heterocycles. The third-order valence-corrected chi connectivity index (χ3v) is 5.52. The molecule has 1 aliphatic rings. The van der Waals surface area contributed by atoms with E-state index in [-0.39, 0.29) is 18.0 Å². The van der Waals surface area contributed by atoms with E-state index in [4.69, 9.17) is 0 Å². The first-order valence-electron chi connectivity index (χ1n) is 10.1. The number of carbonyl (C=O) groups excluding carboxylic acids is 2. The lowest BCUT2D eigenvalue weighted by atomic mass is 10.1. The minimum atomic E-state index is -0.719. The number of nitrogens with zero attached hydrogens (tertiary/aromatic N) is 3. The maximum atomic E-state index is 13.8. The number of anilines is 1. The highest BCUT2D eigenvalue weighted by atomic mass is 19.1. The second kappa shape index (κ2) is 7.88. The monoisotopic (exact) mass is 432 g/mol. The Morgan fingerprint density at radius 1 is 1.00 bits per heavy atom. The van der Waals surface area contributed by atoms with Crippen molar-refractivity contribution in [2.24, 2.45) is 0 Å². The number of fused-ring (bicyclic) bond motifs is 3. The van der Waals surface area contributed by atoms with Crippen LogP contribution in [0, 0.1) is 11.6 Å². The van der Waals surface area contributed by atoms with Gasteiger partial charge in [-0.3, -0.25) is 9.59 Å². The maximum absolute atomic E-state index is 13.8. The highest BCUT2D eigenvalue weighted by molar-refractivity contribution is 6.07. The number of para-hydroxylation sites is 1. The van der Waals surface area contributed by atoms with E-state index >= 15 is 0 Å². The van der Waals surface area contributed by atoms with Gasteiger partial charge in [-0.2, -0.15) is 0 Å². The van der Waals surface area contributed by atoms with Crippen LogP contribution in [0.15, 0.2) is 66.7 Å². The standard InChI is InChI=1S/C24H18F2N4O2/c25-17-8-6-16(19(26)13-17)14-27-23(31)15-7-9-21-20(12-15)28-22-24(32)29(10-11-30(21)22)18-4-2-1-3-5-18/h1-9,12-13H,10-11,14H2,(H,27,31). The lowest BCUT2D eigenvalue weighted by Crippen LogP contribution is -2.40. The number of carbonyl (C=O) groups is 2. The van der Waals surface area contributed by atoms with Crippen molar-refractivity contribution in [2.75, 3.05) is 11.4 Å². The average molecular weight is 432 g/mol. The van der Waals surface area contributed by atoms with E-state index in [1.165, 1.54) is 6.07 Å².